The molecule has 0 heterocycles. The second-order valence-electron chi connectivity index (χ2n) is 4.68. The molecule has 0 radical (unpaired) electrons. The predicted molar refractivity (Wildman–Crippen MR) is 65.3 cm³/mol. The summed E-state index contributed by atoms with van der Waals surface area (Å²) in [4.78, 5) is 20.9. The molecule has 0 N–H and O–H groups in total. The van der Waals surface area contributed by atoms with E-state index in [1.807, 2.05) is 13.8 Å². The third-order valence-electron chi connectivity index (χ3n) is 2.41. The van der Waals surface area contributed by atoms with Crippen molar-refractivity contribution in [2.24, 2.45) is 5.41 Å². The molecule has 0 aromatic heterocycles. The number of ether oxygens (including phenoxy) is 1. The first kappa shape index (κ1) is 15.6. The quantitative estimate of drug-likeness (QED) is 0.284. The second-order valence-corrected chi connectivity index (χ2v) is 4.68. The van der Waals surface area contributed by atoms with Crippen molar-refractivity contribution in [3.63, 3.8) is 0 Å². The van der Waals surface area contributed by atoms with Gasteiger partial charge in [0.2, 0.25) is 6.54 Å². The van der Waals surface area contributed by atoms with Crippen LogP contribution in [-0.4, -0.2) is 24.0 Å². The third-order valence-corrected chi connectivity index (χ3v) is 2.41. The molecule has 5 heteroatoms. The van der Waals surface area contributed by atoms with E-state index in [1.54, 1.807) is 13.0 Å². The molecule has 0 fully saturated rings. The summed E-state index contributed by atoms with van der Waals surface area (Å²) in [5.41, 5.74) is -0.0288. The SMILES string of the molecule is CCOC(=O)/C=C/CC(C)(C)CCC[N+](=O)[O-]. The van der Waals surface area contributed by atoms with Crippen molar-refractivity contribution in [2.75, 3.05) is 13.2 Å². The second kappa shape index (κ2) is 7.81. The van der Waals surface area contributed by atoms with E-state index in [0.29, 0.717) is 19.4 Å². The minimum atomic E-state index is -0.339. The Kier molecular flexibility index (Phi) is 7.18. The first-order chi connectivity index (χ1) is 7.87. The van der Waals surface area contributed by atoms with Crippen LogP contribution in [0.3, 0.4) is 0 Å². The van der Waals surface area contributed by atoms with Crippen LogP contribution < -0.4 is 0 Å². The number of carbonyl (C=O) groups excluding carboxylic acids is 1. The topological polar surface area (TPSA) is 69.4 Å². The molecule has 0 saturated heterocycles. The smallest absolute Gasteiger partial charge is 0.330 e. The zero-order chi connectivity index (χ0) is 13.3. The Labute approximate surface area is 102 Å². The average molecular weight is 243 g/mol. The van der Waals surface area contributed by atoms with Crippen LogP contribution >= 0.6 is 0 Å². The van der Waals surface area contributed by atoms with Gasteiger partial charge in [-0.3, -0.25) is 10.1 Å². The summed E-state index contributed by atoms with van der Waals surface area (Å²) in [6.07, 6.45) is 5.22. The van der Waals surface area contributed by atoms with Crippen LogP contribution in [0.5, 0.6) is 0 Å². The van der Waals surface area contributed by atoms with Gasteiger partial charge in [0.05, 0.1) is 6.61 Å². The zero-order valence-electron chi connectivity index (χ0n) is 10.8. The molecule has 5 nitrogen and oxygen atoms in total. The molecule has 0 rings (SSSR count). The molecule has 0 atom stereocenters. The van der Waals surface area contributed by atoms with Crippen molar-refractivity contribution in [3.05, 3.63) is 22.3 Å². The molecule has 0 aliphatic rings. The Morgan fingerprint density at radius 1 is 1.47 bits per heavy atom. The van der Waals surface area contributed by atoms with Gasteiger partial charge in [-0.05, 0) is 25.2 Å². The molecule has 0 aliphatic heterocycles. The van der Waals surface area contributed by atoms with E-state index in [9.17, 15) is 14.9 Å². The highest BCUT2D eigenvalue weighted by atomic mass is 16.6. The van der Waals surface area contributed by atoms with E-state index in [4.69, 9.17) is 4.74 Å². The van der Waals surface area contributed by atoms with Crippen LogP contribution in [-0.2, 0) is 9.53 Å². The monoisotopic (exact) mass is 243 g/mol. The molecule has 0 saturated carbocycles. The minimum Gasteiger partial charge on any atom is -0.463 e. The maximum absolute atomic E-state index is 11.0. The average Bonchev–Trinajstić information content (AvgIpc) is 2.16. The minimum absolute atomic E-state index is 0.00498. The first-order valence-electron chi connectivity index (χ1n) is 5.82. The summed E-state index contributed by atoms with van der Waals surface area (Å²) in [7, 11) is 0. The van der Waals surface area contributed by atoms with Crippen molar-refractivity contribution in [1.82, 2.24) is 0 Å². The number of hydrogen-bond donors (Lipinski definition) is 0. The van der Waals surface area contributed by atoms with Gasteiger partial charge in [0, 0.05) is 17.4 Å². The van der Waals surface area contributed by atoms with E-state index >= 15 is 0 Å². The number of nitrogens with zero attached hydrogens (tertiary/aromatic N) is 1. The molecule has 0 aromatic carbocycles. The summed E-state index contributed by atoms with van der Waals surface area (Å²) in [6, 6.07) is 0. The van der Waals surface area contributed by atoms with Crippen LogP contribution in [0.25, 0.3) is 0 Å². The molecule has 0 bridgehead atoms. The van der Waals surface area contributed by atoms with E-state index in [-0.39, 0.29) is 22.9 Å². The molecule has 98 valence electrons. The van der Waals surface area contributed by atoms with E-state index < -0.39 is 0 Å². The van der Waals surface area contributed by atoms with Gasteiger partial charge >= 0.3 is 5.97 Å². The van der Waals surface area contributed by atoms with Crippen molar-refractivity contribution in [3.8, 4) is 0 Å². The first-order valence-corrected chi connectivity index (χ1v) is 5.82. The Morgan fingerprint density at radius 2 is 2.12 bits per heavy atom. The van der Waals surface area contributed by atoms with Gasteiger partial charge in [0.25, 0.3) is 0 Å². The summed E-state index contributed by atoms with van der Waals surface area (Å²) in [6.45, 7) is 6.19. The highest BCUT2D eigenvalue weighted by Crippen LogP contribution is 2.27. The van der Waals surface area contributed by atoms with Gasteiger partial charge in [0.1, 0.15) is 0 Å². The van der Waals surface area contributed by atoms with Crippen LogP contribution in [0.15, 0.2) is 12.2 Å². The van der Waals surface area contributed by atoms with Gasteiger partial charge in [-0.15, -0.1) is 0 Å². The number of esters is 1. The van der Waals surface area contributed by atoms with E-state index in [2.05, 4.69) is 0 Å². The van der Waals surface area contributed by atoms with Gasteiger partial charge in [-0.2, -0.15) is 0 Å². The van der Waals surface area contributed by atoms with Crippen molar-refractivity contribution in [1.29, 1.82) is 0 Å². The van der Waals surface area contributed by atoms with E-state index in [1.165, 1.54) is 6.08 Å². The number of allylic oxidation sites excluding steroid dienone is 1. The number of carbonyl (C=O) groups is 1. The van der Waals surface area contributed by atoms with Gasteiger partial charge in [0.15, 0.2) is 0 Å². The normalized spacial score (nSPS) is 11.7. The van der Waals surface area contributed by atoms with Gasteiger partial charge < -0.3 is 4.74 Å². The van der Waals surface area contributed by atoms with Crippen molar-refractivity contribution >= 4 is 5.97 Å². The number of nitro groups is 1. The summed E-state index contributed by atoms with van der Waals surface area (Å²) < 4.78 is 4.75. The molecule has 0 amide bonds. The summed E-state index contributed by atoms with van der Waals surface area (Å²) in [5.74, 6) is -0.339. The standard InChI is InChI=1S/C12H21NO4/c1-4-17-11(14)7-5-8-12(2,3)9-6-10-13(15)16/h5,7H,4,6,8-10H2,1-3H3/b7-5+. The van der Waals surface area contributed by atoms with Crippen molar-refractivity contribution < 1.29 is 14.5 Å². The van der Waals surface area contributed by atoms with Crippen LogP contribution in [0.1, 0.15) is 40.0 Å². The molecule has 0 aliphatic carbocycles. The fourth-order valence-corrected chi connectivity index (χ4v) is 1.45. The Bertz CT molecular complexity index is 284. The lowest BCUT2D eigenvalue weighted by Gasteiger charge is -2.21. The summed E-state index contributed by atoms with van der Waals surface area (Å²) in [5, 5.41) is 10.2. The van der Waals surface area contributed by atoms with Crippen LogP contribution in [0.4, 0.5) is 0 Å². The largest absolute Gasteiger partial charge is 0.463 e. The third kappa shape index (κ3) is 9.53. The van der Waals surface area contributed by atoms with Crippen LogP contribution in [0.2, 0.25) is 0 Å². The molecular weight excluding hydrogens is 222 g/mol. The summed E-state index contributed by atoms with van der Waals surface area (Å²) >= 11 is 0. The van der Waals surface area contributed by atoms with Crippen molar-refractivity contribution in [2.45, 2.75) is 40.0 Å². The highest BCUT2D eigenvalue weighted by Gasteiger charge is 2.17. The molecule has 0 aromatic rings. The molecule has 0 spiro atoms. The number of hydrogen-bond acceptors (Lipinski definition) is 4. The maximum atomic E-state index is 11.0. The maximum Gasteiger partial charge on any atom is 0.330 e. The molecular formula is C12H21NO4. The lowest BCUT2D eigenvalue weighted by molar-refractivity contribution is -0.480. The predicted octanol–water partition coefficient (Wildman–Crippen LogP) is 2.58. The van der Waals surface area contributed by atoms with Gasteiger partial charge in [-0.25, -0.2) is 4.79 Å². The zero-order valence-corrected chi connectivity index (χ0v) is 10.8. The highest BCUT2D eigenvalue weighted by molar-refractivity contribution is 5.81. The fraction of sp³-hybridized carbons (Fsp3) is 0.750. The molecule has 17 heavy (non-hydrogen) atoms. The lowest BCUT2D eigenvalue weighted by atomic mass is 9.84. The van der Waals surface area contributed by atoms with E-state index in [0.717, 1.165) is 6.42 Å². The Balaban J connectivity index is 3.91. The number of rotatable bonds is 8. The Hall–Kier alpha value is -1.39. The Morgan fingerprint density at radius 3 is 2.65 bits per heavy atom. The molecule has 0 unspecified atom stereocenters. The van der Waals surface area contributed by atoms with Crippen LogP contribution in [0, 0.1) is 15.5 Å². The lowest BCUT2D eigenvalue weighted by Crippen LogP contribution is -2.13. The van der Waals surface area contributed by atoms with Gasteiger partial charge in [-0.1, -0.05) is 19.9 Å². The fourth-order valence-electron chi connectivity index (χ4n) is 1.45.